The summed E-state index contributed by atoms with van der Waals surface area (Å²) in [5, 5.41) is 0.903. The van der Waals surface area contributed by atoms with E-state index in [1.165, 1.54) is 0 Å². The van der Waals surface area contributed by atoms with E-state index in [1.54, 1.807) is 12.1 Å². The van der Waals surface area contributed by atoms with Gasteiger partial charge in [0.15, 0.2) is 5.65 Å². The highest BCUT2D eigenvalue weighted by molar-refractivity contribution is 5.93. The molecule has 0 spiro atoms. The first kappa shape index (κ1) is 8.62. The summed E-state index contributed by atoms with van der Waals surface area (Å²) in [5.74, 6) is -0.532. The zero-order valence-corrected chi connectivity index (χ0v) is 7.69. The zero-order chi connectivity index (χ0) is 10.1. The zero-order valence-electron chi connectivity index (χ0n) is 7.69. The van der Waals surface area contributed by atoms with Gasteiger partial charge in [-0.15, -0.1) is 0 Å². The van der Waals surface area contributed by atoms with Gasteiger partial charge < -0.3 is 5.73 Å². The Bertz CT molecular complexity index is 508. The van der Waals surface area contributed by atoms with Gasteiger partial charge in [0, 0.05) is 11.1 Å². The number of hydrogen-bond donors (Lipinski definition) is 1. The number of amides is 1. The third kappa shape index (κ3) is 1.42. The molecule has 0 aromatic carbocycles. The molecular formula is C10H9N3O. The molecule has 0 atom stereocenters. The average molecular weight is 187 g/mol. The fraction of sp³-hybridized carbons (Fsp3) is 0.100. The van der Waals surface area contributed by atoms with Gasteiger partial charge in [-0.05, 0) is 31.2 Å². The van der Waals surface area contributed by atoms with Crippen LogP contribution in [0.2, 0.25) is 0 Å². The Morgan fingerprint density at radius 1 is 1.21 bits per heavy atom. The molecule has 0 unspecified atom stereocenters. The van der Waals surface area contributed by atoms with Gasteiger partial charge in [0.05, 0.1) is 0 Å². The van der Waals surface area contributed by atoms with Gasteiger partial charge in [0.2, 0.25) is 0 Å². The summed E-state index contributed by atoms with van der Waals surface area (Å²) >= 11 is 0. The van der Waals surface area contributed by atoms with Gasteiger partial charge in [-0.25, -0.2) is 9.97 Å². The molecule has 2 aromatic rings. The average Bonchev–Trinajstić information content (AvgIpc) is 2.16. The molecule has 0 aliphatic carbocycles. The van der Waals surface area contributed by atoms with Crippen LogP contribution in [-0.4, -0.2) is 15.9 Å². The second kappa shape index (κ2) is 3.06. The number of hydrogen-bond acceptors (Lipinski definition) is 3. The maximum absolute atomic E-state index is 10.9. The molecule has 0 saturated carbocycles. The standard InChI is InChI=1S/C10H9N3O/c1-6-2-3-7-4-5-8(9(11)14)13-10(7)12-6/h2-5H,1H3,(H2,11,14). The number of carbonyl (C=O) groups excluding carboxylic acids is 1. The van der Waals surface area contributed by atoms with E-state index < -0.39 is 5.91 Å². The third-order valence-corrected chi connectivity index (χ3v) is 1.94. The maximum Gasteiger partial charge on any atom is 0.267 e. The summed E-state index contributed by atoms with van der Waals surface area (Å²) in [4.78, 5) is 19.1. The lowest BCUT2D eigenvalue weighted by Crippen LogP contribution is -2.12. The van der Waals surface area contributed by atoms with E-state index >= 15 is 0 Å². The number of pyridine rings is 2. The predicted molar refractivity (Wildman–Crippen MR) is 52.8 cm³/mol. The molecule has 4 heteroatoms. The minimum atomic E-state index is -0.532. The lowest BCUT2D eigenvalue weighted by Gasteiger charge is -1.99. The van der Waals surface area contributed by atoms with Crippen LogP contribution in [0.4, 0.5) is 0 Å². The van der Waals surface area contributed by atoms with Crippen LogP contribution >= 0.6 is 0 Å². The van der Waals surface area contributed by atoms with Crippen LogP contribution < -0.4 is 5.73 Å². The van der Waals surface area contributed by atoms with Crippen molar-refractivity contribution < 1.29 is 4.79 Å². The minimum Gasteiger partial charge on any atom is -0.364 e. The van der Waals surface area contributed by atoms with Crippen molar-refractivity contribution in [3.05, 3.63) is 35.7 Å². The number of nitrogens with zero attached hydrogens (tertiary/aromatic N) is 2. The van der Waals surface area contributed by atoms with Crippen molar-refractivity contribution >= 4 is 16.9 Å². The topological polar surface area (TPSA) is 68.9 Å². The summed E-state index contributed by atoms with van der Waals surface area (Å²) in [5.41, 5.74) is 6.78. The minimum absolute atomic E-state index is 0.246. The van der Waals surface area contributed by atoms with Gasteiger partial charge in [0.1, 0.15) is 5.69 Å². The Morgan fingerprint density at radius 2 is 1.93 bits per heavy atom. The van der Waals surface area contributed by atoms with Crippen molar-refractivity contribution in [1.29, 1.82) is 0 Å². The van der Waals surface area contributed by atoms with Crippen molar-refractivity contribution in [1.82, 2.24) is 9.97 Å². The van der Waals surface area contributed by atoms with Crippen LogP contribution in [0.5, 0.6) is 0 Å². The monoisotopic (exact) mass is 187 g/mol. The van der Waals surface area contributed by atoms with E-state index in [-0.39, 0.29) is 5.69 Å². The number of nitrogens with two attached hydrogens (primary N) is 1. The lowest BCUT2D eigenvalue weighted by atomic mass is 10.2. The van der Waals surface area contributed by atoms with Gasteiger partial charge in [-0.1, -0.05) is 0 Å². The van der Waals surface area contributed by atoms with E-state index in [2.05, 4.69) is 9.97 Å². The molecular weight excluding hydrogens is 178 g/mol. The van der Waals surface area contributed by atoms with Crippen molar-refractivity contribution in [2.75, 3.05) is 0 Å². The largest absolute Gasteiger partial charge is 0.364 e. The number of primary amides is 1. The van der Waals surface area contributed by atoms with Crippen LogP contribution in [0.1, 0.15) is 16.2 Å². The maximum atomic E-state index is 10.9. The van der Waals surface area contributed by atoms with Gasteiger partial charge in [-0.2, -0.15) is 0 Å². The quantitative estimate of drug-likeness (QED) is 0.725. The number of fused-ring (bicyclic) bond motifs is 1. The first-order valence-corrected chi connectivity index (χ1v) is 4.21. The molecule has 2 aromatic heterocycles. The van der Waals surface area contributed by atoms with E-state index in [1.807, 2.05) is 19.1 Å². The molecule has 0 radical (unpaired) electrons. The molecule has 2 rings (SSSR count). The van der Waals surface area contributed by atoms with Crippen LogP contribution in [0.3, 0.4) is 0 Å². The predicted octanol–water partition coefficient (Wildman–Crippen LogP) is 1.04. The normalized spacial score (nSPS) is 10.4. The Balaban J connectivity index is 2.69. The molecule has 2 heterocycles. The second-order valence-electron chi connectivity index (χ2n) is 3.06. The summed E-state index contributed by atoms with van der Waals surface area (Å²) < 4.78 is 0. The highest BCUT2D eigenvalue weighted by Crippen LogP contribution is 2.10. The first-order chi connectivity index (χ1) is 6.66. The molecule has 70 valence electrons. The van der Waals surface area contributed by atoms with Crippen molar-refractivity contribution in [2.24, 2.45) is 5.73 Å². The third-order valence-electron chi connectivity index (χ3n) is 1.94. The van der Waals surface area contributed by atoms with Gasteiger partial charge in [0.25, 0.3) is 5.91 Å². The number of aryl methyl sites for hydroxylation is 1. The smallest absolute Gasteiger partial charge is 0.267 e. The Hall–Kier alpha value is -1.97. The highest BCUT2D eigenvalue weighted by atomic mass is 16.1. The number of rotatable bonds is 1. The van der Waals surface area contributed by atoms with Crippen molar-refractivity contribution in [3.8, 4) is 0 Å². The van der Waals surface area contributed by atoms with Gasteiger partial charge in [-0.3, -0.25) is 4.79 Å². The second-order valence-corrected chi connectivity index (χ2v) is 3.06. The summed E-state index contributed by atoms with van der Waals surface area (Å²) in [6.45, 7) is 1.87. The Labute approximate surface area is 80.8 Å². The van der Waals surface area contributed by atoms with E-state index in [4.69, 9.17) is 5.73 Å². The highest BCUT2D eigenvalue weighted by Gasteiger charge is 2.03. The Kier molecular flexibility index (Phi) is 1.89. The van der Waals surface area contributed by atoms with E-state index in [9.17, 15) is 4.79 Å². The summed E-state index contributed by atoms with van der Waals surface area (Å²) in [7, 11) is 0. The molecule has 0 aliphatic heterocycles. The van der Waals surface area contributed by atoms with Crippen molar-refractivity contribution in [3.63, 3.8) is 0 Å². The van der Waals surface area contributed by atoms with Crippen LogP contribution in [0.15, 0.2) is 24.3 Å². The molecule has 0 bridgehead atoms. The number of aromatic nitrogens is 2. The molecule has 0 aliphatic rings. The van der Waals surface area contributed by atoms with Crippen molar-refractivity contribution in [2.45, 2.75) is 6.92 Å². The first-order valence-electron chi connectivity index (χ1n) is 4.21. The van der Waals surface area contributed by atoms with E-state index in [0.29, 0.717) is 5.65 Å². The fourth-order valence-corrected chi connectivity index (χ4v) is 1.23. The van der Waals surface area contributed by atoms with Crippen LogP contribution in [0, 0.1) is 6.92 Å². The van der Waals surface area contributed by atoms with Crippen LogP contribution in [-0.2, 0) is 0 Å². The van der Waals surface area contributed by atoms with Gasteiger partial charge >= 0.3 is 0 Å². The fourth-order valence-electron chi connectivity index (χ4n) is 1.23. The Morgan fingerprint density at radius 3 is 2.64 bits per heavy atom. The number of carbonyl (C=O) groups is 1. The summed E-state index contributed by atoms with van der Waals surface area (Å²) in [6.07, 6.45) is 0. The molecule has 4 nitrogen and oxygen atoms in total. The molecule has 14 heavy (non-hydrogen) atoms. The molecule has 0 saturated heterocycles. The lowest BCUT2D eigenvalue weighted by molar-refractivity contribution is 0.0996. The van der Waals surface area contributed by atoms with E-state index in [0.717, 1.165) is 11.1 Å². The molecule has 1 amide bonds. The van der Waals surface area contributed by atoms with Crippen LogP contribution in [0.25, 0.3) is 11.0 Å². The summed E-state index contributed by atoms with van der Waals surface area (Å²) in [6, 6.07) is 7.19. The SMILES string of the molecule is Cc1ccc2ccc(C(N)=O)nc2n1. The molecule has 0 fully saturated rings. The molecule has 2 N–H and O–H groups in total.